The van der Waals surface area contributed by atoms with E-state index in [1.807, 2.05) is 0 Å². The predicted octanol–water partition coefficient (Wildman–Crippen LogP) is 3.39. The molecule has 0 spiro atoms. The van der Waals surface area contributed by atoms with Gasteiger partial charge in [-0.2, -0.15) is 0 Å². The molecule has 0 amide bonds. The number of aliphatic carboxylic acids is 1. The molecule has 1 aliphatic carbocycles. The molecule has 2 atom stereocenters. The molecule has 2 rings (SSSR count). The van der Waals surface area contributed by atoms with E-state index in [0.717, 1.165) is 38.9 Å². The zero-order valence-corrected chi connectivity index (χ0v) is 12.7. The molecule has 19 heavy (non-hydrogen) atoms. The zero-order valence-electron chi connectivity index (χ0n) is 12.7. The highest BCUT2D eigenvalue weighted by molar-refractivity contribution is 5.76. The normalized spacial score (nSPS) is 31.6. The third kappa shape index (κ3) is 2.42. The van der Waals surface area contributed by atoms with Crippen LogP contribution in [-0.2, 0) is 4.79 Å². The Labute approximate surface area is 117 Å². The maximum atomic E-state index is 11.7. The van der Waals surface area contributed by atoms with Crippen LogP contribution >= 0.6 is 0 Å². The quantitative estimate of drug-likeness (QED) is 0.802. The standard InChI is InChI=1S/C16H29NO2/c1-4-15(5-2,6-3)11-17-10-13-8-7-9-16(13,12-17)14(18)19/h13H,4-12H2,1-3H3,(H,18,19)/t13-,16+/m0/s1. The number of hydrogen-bond acceptors (Lipinski definition) is 2. The van der Waals surface area contributed by atoms with Crippen LogP contribution in [0.15, 0.2) is 0 Å². The van der Waals surface area contributed by atoms with Gasteiger partial charge in [-0.25, -0.2) is 0 Å². The second-order valence-corrected chi connectivity index (χ2v) is 6.78. The van der Waals surface area contributed by atoms with Gasteiger partial charge in [0.15, 0.2) is 0 Å². The molecule has 1 heterocycles. The minimum Gasteiger partial charge on any atom is -0.481 e. The number of carboxylic acid groups (broad SMARTS) is 1. The van der Waals surface area contributed by atoms with Crippen LogP contribution in [0.2, 0.25) is 0 Å². The first-order chi connectivity index (χ1) is 9.02. The maximum absolute atomic E-state index is 11.7. The van der Waals surface area contributed by atoms with Crippen molar-refractivity contribution in [3.8, 4) is 0 Å². The Morgan fingerprint density at radius 3 is 2.42 bits per heavy atom. The molecule has 1 saturated heterocycles. The Hall–Kier alpha value is -0.570. The topological polar surface area (TPSA) is 40.5 Å². The Balaban J connectivity index is 2.08. The van der Waals surface area contributed by atoms with Crippen LogP contribution in [-0.4, -0.2) is 35.6 Å². The molecule has 0 radical (unpaired) electrons. The summed E-state index contributed by atoms with van der Waals surface area (Å²) in [5.74, 6) is -0.152. The molecule has 0 aromatic rings. The first-order valence-corrected chi connectivity index (χ1v) is 7.97. The van der Waals surface area contributed by atoms with Crippen molar-refractivity contribution in [2.45, 2.75) is 59.3 Å². The molecule has 0 aromatic heterocycles. The molecule has 1 N–H and O–H groups in total. The highest BCUT2D eigenvalue weighted by Gasteiger charge is 2.55. The van der Waals surface area contributed by atoms with Gasteiger partial charge in [0.2, 0.25) is 0 Å². The summed E-state index contributed by atoms with van der Waals surface area (Å²) < 4.78 is 0. The molecular weight excluding hydrogens is 238 g/mol. The van der Waals surface area contributed by atoms with Gasteiger partial charge in [0, 0.05) is 19.6 Å². The molecule has 0 bridgehead atoms. The molecule has 2 aliphatic rings. The molecule has 3 nitrogen and oxygen atoms in total. The highest BCUT2D eigenvalue weighted by Crippen LogP contribution is 2.49. The van der Waals surface area contributed by atoms with Gasteiger partial charge in [-0.1, -0.05) is 27.2 Å². The molecule has 110 valence electrons. The molecule has 1 saturated carbocycles. The zero-order chi connectivity index (χ0) is 14.1. The lowest BCUT2D eigenvalue weighted by atomic mass is 9.79. The number of carboxylic acids is 1. The van der Waals surface area contributed by atoms with Crippen LogP contribution < -0.4 is 0 Å². The number of rotatable bonds is 6. The second-order valence-electron chi connectivity index (χ2n) is 6.78. The lowest BCUT2D eigenvalue weighted by Gasteiger charge is -2.35. The summed E-state index contributed by atoms with van der Waals surface area (Å²) in [6, 6.07) is 0. The minimum atomic E-state index is -0.549. The van der Waals surface area contributed by atoms with Gasteiger partial charge in [0.1, 0.15) is 0 Å². The van der Waals surface area contributed by atoms with Crippen LogP contribution in [0.5, 0.6) is 0 Å². The van der Waals surface area contributed by atoms with Crippen LogP contribution in [0.25, 0.3) is 0 Å². The third-order valence-electron chi connectivity index (χ3n) is 6.18. The fraction of sp³-hybridized carbons (Fsp3) is 0.938. The summed E-state index contributed by atoms with van der Waals surface area (Å²) in [5.41, 5.74) is -0.0285. The first-order valence-electron chi connectivity index (χ1n) is 7.97. The number of fused-ring (bicyclic) bond motifs is 1. The average Bonchev–Trinajstić information content (AvgIpc) is 2.93. The molecule has 3 heteroatoms. The van der Waals surface area contributed by atoms with Crippen molar-refractivity contribution in [2.75, 3.05) is 19.6 Å². The van der Waals surface area contributed by atoms with E-state index in [4.69, 9.17) is 0 Å². The largest absolute Gasteiger partial charge is 0.481 e. The van der Waals surface area contributed by atoms with Crippen molar-refractivity contribution in [3.05, 3.63) is 0 Å². The van der Waals surface area contributed by atoms with Crippen LogP contribution in [0.3, 0.4) is 0 Å². The summed E-state index contributed by atoms with van der Waals surface area (Å²) in [5, 5.41) is 9.64. The Morgan fingerprint density at radius 2 is 1.95 bits per heavy atom. The fourth-order valence-electron chi connectivity index (χ4n) is 4.42. The van der Waals surface area contributed by atoms with Crippen molar-refractivity contribution in [2.24, 2.45) is 16.7 Å². The summed E-state index contributed by atoms with van der Waals surface area (Å²) in [4.78, 5) is 14.2. The number of hydrogen-bond donors (Lipinski definition) is 1. The van der Waals surface area contributed by atoms with Gasteiger partial charge in [-0.15, -0.1) is 0 Å². The SMILES string of the molecule is CCC(CC)(CC)CN1C[C@@H]2CCC[C@@]2(C(=O)O)C1. The lowest BCUT2D eigenvalue weighted by molar-refractivity contribution is -0.149. The summed E-state index contributed by atoms with van der Waals surface area (Å²) in [6.45, 7) is 9.70. The van der Waals surface area contributed by atoms with E-state index in [1.165, 1.54) is 19.3 Å². The van der Waals surface area contributed by atoms with Gasteiger partial charge < -0.3 is 10.0 Å². The van der Waals surface area contributed by atoms with Crippen LogP contribution in [0.1, 0.15) is 59.3 Å². The summed E-state index contributed by atoms with van der Waals surface area (Å²) >= 11 is 0. The molecule has 0 unspecified atom stereocenters. The van der Waals surface area contributed by atoms with E-state index >= 15 is 0 Å². The van der Waals surface area contributed by atoms with Crippen molar-refractivity contribution >= 4 is 5.97 Å². The molecule has 2 fully saturated rings. The molecule has 1 aliphatic heterocycles. The Morgan fingerprint density at radius 1 is 1.32 bits per heavy atom. The first kappa shape index (κ1) is 14.8. The highest BCUT2D eigenvalue weighted by atomic mass is 16.4. The van der Waals surface area contributed by atoms with Crippen LogP contribution in [0, 0.1) is 16.7 Å². The van der Waals surface area contributed by atoms with Gasteiger partial charge >= 0.3 is 5.97 Å². The van der Waals surface area contributed by atoms with E-state index < -0.39 is 11.4 Å². The lowest BCUT2D eigenvalue weighted by Crippen LogP contribution is -2.39. The smallest absolute Gasteiger partial charge is 0.311 e. The minimum absolute atomic E-state index is 0.387. The van der Waals surface area contributed by atoms with Crippen molar-refractivity contribution in [1.82, 2.24) is 4.90 Å². The molecular formula is C16H29NO2. The number of nitrogens with zero attached hydrogens (tertiary/aromatic N) is 1. The number of likely N-dealkylation sites (tertiary alicyclic amines) is 1. The van der Waals surface area contributed by atoms with Crippen molar-refractivity contribution in [3.63, 3.8) is 0 Å². The Kier molecular flexibility index (Phi) is 4.24. The van der Waals surface area contributed by atoms with Crippen molar-refractivity contribution < 1.29 is 9.90 Å². The number of carbonyl (C=O) groups is 1. The maximum Gasteiger partial charge on any atom is 0.311 e. The van der Waals surface area contributed by atoms with E-state index in [9.17, 15) is 9.90 Å². The summed E-state index contributed by atoms with van der Waals surface area (Å²) in [7, 11) is 0. The molecule has 0 aromatic carbocycles. The van der Waals surface area contributed by atoms with E-state index in [1.54, 1.807) is 0 Å². The summed E-state index contributed by atoms with van der Waals surface area (Å²) in [6.07, 6.45) is 6.69. The second kappa shape index (κ2) is 5.43. The van der Waals surface area contributed by atoms with Gasteiger partial charge in [0.25, 0.3) is 0 Å². The third-order valence-corrected chi connectivity index (χ3v) is 6.18. The van der Waals surface area contributed by atoms with Gasteiger partial charge in [-0.05, 0) is 43.4 Å². The monoisotopic (exact) mass is 267 g/mol. The average molecular weight is 267 g/mol. The fourth-order valence-corrected chi connectivity index (χ4v) is 4.42. The Bertz CT molecular complexity index is 329. The predicted molar refractivity (Wildman–Crippen MR) is 77.2 cm³/mol. The van der Waals surface area contributed by atoms with Crippen LogP contribution in [0.4, 0.5) is 0 Å². The van der Waals surface area contributed by atoms with E-state index in [2.05, 4.69) is 25.7 Å². The van der Waals surface area contributed by atoms with Crippen molar-refractivity contribution in [1.29, 1.82) is 0 Å². The van der Waals surface area contributed by atoms with E-state index in [-0.39, 0.29) is 0 Å². The van der Waals surface area contributed by atoms with E-state index in [0.29, 0.717) is 11.3 Å². The van der Waals surface area contributed by atoms with Gasteiger partial charge in [0.05, 0.1) is 5.41 Å². The van der Waals surface area contributed by atoms with Gasteiger partial charge in [-0.3, -0.25) is 4.79 Å².